The van der Waals surface area contributed by atoms with E-state index in [0.717, 1.165) is 25.7 Å². The first-order valence-electron chi connectivity index (χ1n) is 7.00. The molecule has 0 aromatic rings. The van der Waals surface area contributed by atoms with Gasteiger partial charge >= 0.3 is 0 Å². The highest BCUT2D eigenvalue weighted by Gasteiger charge is 2.37. The van der Waals surface area contributed by atoms with Crippen LogP contribution in [0.25, 0.3) is 0 Å². The third-order valence-corrected chi connectivity index (χ3v) is 6.27. The van der Waals surface area contributed by atoms with Crippen LogP contribution in [-0.2, 0) is 14.9 Å². The molecule has 2 atom stereocenters. The minimum atomic E-state index is -3.37. The molecular formula is C12H23ClN2O3S. The van der Waals surface area contributed by atoms with Gasteiger partial charge in [0.1, 0.15) is 0 Å². The van der Waals surface area contributed by atoms with Gasteiger partial charge in [0.25, 0.3) is 10.2 Å². The van der Waals surface area contributed by atoms with Gasteiger partial charge in [0.05, 0.1) is 12.7 Å². The zero-order valence-corrected chi connectivity index (χ0v) is 13.0. The van der Waals surface area contributed by atoms with Crippen molar-refractivity contribution < 1.29 is 13.2 Å². The molecule has 19 heavy (non-hydrogen) atoms. The molecule has 0 spiro atoms. The molecule has 7 heteroatoms. The van der Waals surface area contributed by atoms with Crippen LogP contribution in [0.1, 0.15) is 32.6 Å². The largest absolute Gasteiger partial charge is 0.374 e. The Morgan fingerprint density at radius 2 is 1.84 bits per heavy atom. The van der Waals surface area contributed by atoms with Crippen molar-refractivity contribution in [3.63, 3.8) is 0 Å². The van der Waals surface area contributed by atoms with Crippen LogP contribution in [-0.4, -0.2) is 61.3 Å². The van der Waals surface area contributed by atoms with Gasteiger partial charge in [-0.25, -0.2) is 0 Å². The Morgan fingerprint density at radius 1 is 1.21 bits per heavy atom. The van der Waals surface area contributed by atoms with Crippen LogP contribution >= 0.6 is 11.6 Å². The molecule has 0 aromatic heterocycles. The first-order chi connectivity index (χ1) is 9.05. The maximum Gasteiger partial charge on any atom is 0.282 e. The topological polar surface area (TPSA) is 49.9 Å². The minimum Gasteiger partial charge on any atom is -0.374 e. The van der Waals surface area contributed by atoms with Gasteiger partial charge in [0.15, 0.2) is 0 Å². The summed E-state index contributed by atoms with van der Waals surface area (Å²) in [6, 6.07) is -0.118. The van der Waals surface area contributed by atoms with Crippen LogP contribution in [0.15, 0.2) is 0 Å². The lowest BCUT2D eigenvalue weighted by molar-refractivity contribution is -0.0172. The van der Waals surface area contributed by atoms with Gasteiger partial charge in [-0.1, -0.05) is 12.8 Å². The lowest BCUT2D eigenvalue weighted by Gasteiger charge is -2.38. The second-order valence-corrected chi connectivity index (χ2v) is 7.54. The number of hydrogen-bond acceptors (Lipinski definition) is 3. The summed E-state index contributed by atoms with van der Waals surface area (Å²) in [6.07, 6.45) is 3.96. The molecule has 2 fully saturated rings. The van der Waals surface area contributed by atoms with Crippen molar-refractivity contribution >= 4 is 21.8 Å². The number of rotatable bonds is 3. The summed E-state index contributed by atoms with van der Waals surface area (Å²) in [5, 5.41) is 0. The number of nitrogens with zero attached hydrogens (tertiary/aromatic N) is 2. The third kappa shape index (κ3) is 3.61. The molecule has 0 bridgehead atoms. The summed E-state index contributed by atoms with van der Waals surface area (Å²) in [5.74, 6) is 0.332. The maximum atomic E-state index is 12.7. The van der Waals surface area contributed by atoms with E-state index >= 15 is 0 Å². The molecule has 2 heterocycles. The van der Waals surface area contributed by atoms with Crippen LogP contribution < -0.4 is 0 Å². The summed E-state index contributed by atoms with van der Waals surface area (Å²) in [5.41, 5.74) is 0. The van der Waals surface area contributed by atoms with E-state index in [9.17, 15) is 8.42 Å². The molecule has 2 saturated heterocycles. The van der Waals surface area contributed by atoms with Crippen LogP contribution in [0.2, 0.25) is 0 Å². The molecule has 2 aliphatic heterocycles. The van der Waals surface area contributed by atoms with Crippen molar-refractivity contribution in [3.05, 3.63) is 0 Å². The fourth-order valence-electron chi connectivity index (χ4n) is 2.63. The zero-order chi connectivity index (χ0) is 13.9. The number of alkyl halides is 1. The maximum absolute atomic E-state index is 12.7. The SMILES string of the molecule is CC1COC(CCl)CN1S(=O)(=O)N1CCCCCC1. The zero-order valence-electron chi connectivity index (χ0n) is 11.4. The molecule has 2 rings (SSSR count). The smallest absolute Gasteiger partial charge is 0.282 e. The standard InChI is InChI=1S/C12H23ClN2O3S/c1-11-10-18-12(8-13)9-15(11)19(16,17)14-6-4-2-3-5-7-14/h11-12H,2-10H2,1H3. The Balaban J connectivity index is 2.12. The fraction of sp³-hybridized carbons (Fsp3) is 1.00. The fourth-order valence-corrected chi connectivity index (χ4v) is 4.70. The minimum absolute atomic E-state index is 0.118. The van der Waals surface area contributed by atoms with E-state index in [4.69, 9.17) is 16.3 Å². The van der Waals surface area contributed by atoms with Gasteiger partial charge in [0.2, 0.25) is 0 Å². The lowest BCUT2D eigenvalue weighted by atomic mass is 10.2. The molecule has 0 aliphatic carbocycles. The van der Waals surface area contributed by atoms with Crippen molar-refractivity contribution in [3.8, 4) is 0 Å². The lowest BCUT2D eigenvalue weighted by Crippen LogP contribution is -2.55. The van der Waals surface area contributed by atoms with E-state index in [1.54, 1.807) is 8.61 Å². The van der Waals surface area contributed by atoms with Crippen LogP contribution in [0.5, 0.6) is 0 Å². The Bertz CT molecular complexity index is 382. The van der Waals surface area contributed by atoms with Gasteiger partial charge in [-0.15, -0.1) is 11.6 Å². The Morgan fingerprint density at radius 3 is 2.42 bits per heavy atom. The molecule has 0 saturated carbocycles. The van der Waals surface area contributed by atoms with Crippen molar-refractivity contribution in [2.75, 3.05) is 32.1 Å². The highest BCUT2D eigenvalue weighted by molar-refractivity contribution is 7.86. The highest BCUT2D eigenvalue weighted by atomic mass is 35.5. The highest BCUT2D eigenvalue weighted by Crippen LogP contribution is 2.22. The Labute approximate surface area is 121 Å². The molecule has 0 radical (unpaired) electrons. The van der Waals surface area contributed by atoms with E-state index in [1.807, 2.05) is 6.92 Å². The number of morpholine rings is 1. The monoisotopic (exact) mass is 310 g/mol. The number of ether oxygens (including phenoxy) is 1. The Hall–Kier alpha value is 0.120. The summed E-state index contributed by atoms with van der Waals surface area (Å²) in [4.78, 5) is 0. The van der Waals surface area contributed by atoms with Crippen molar-refractivity contribution in [2.45, 2.75) is 44.8 Å². The van der Waals surface area contributed by atoms with E-state index in [0.29, 0.717) is 32.1 Å². The van der Waals surface area contributed by atoms with Gasteiger partial charge in [0, 0.05) is 31.6 Å². The average molecular weight is 311 g/mol. The van der Waals surface area contributed by atoms with E-state index < -0.39 is 10.2 Å². The van der Waals surface area contributed by atoms with Crippen molar-refractivity contribution in [1.29, 1.82) is 0 Å². The van der Waals surface area contributed by atoms with Gasteiger partial charge in [-0.2, -0.15) is 17.0 Å². The predicted molar refractivity (Wildman–Crippen MR) is 75.6 cm³/mol. The summed E-state index contributed by atoms with van der Waals surface area (Å²) >= 11 is 5.80. The molecule has 5 nitrogen and oxygen atoms in total. The van der Waals surface area contributed by atoms with Crippen LogP contribution in [0.3, 0.4) is 0 Å². The van der Waals surface area contributed by atoms with Crippen LogP contribution in [0, 0.1) is 0 Å². The first-order valence-corrected chi connectivity index (χ1v) is 8.93. The summed E-state index contributed by atoms with van der Waals surface area (Å²) in [6.45, 7) is 3.95. The summed E-state index contributed by atoms with van der Waals surface area (Å²) < 4.78 is 34.2. The third-order valence-electron chi connectivity index (χ3n) is 3.81. The van der Waals surface area contributed by atoms with E-state index in [1.165, 1.54) is 0 Å². The van der Waals surface area contributed by atoms with E-state index in [2.05, 4.69) is 0 Å². The van der Waals surface area contributed by atoms with Crippen molar-refractivity contribution in [2.24, 2.45) is 0 Å². The Kier molecular flexibility index (Phi) is 5.48. The molecule has 2 aliphatic rings. The molecule has 112 valence electrons. The van der Waals surface area contributed by atoms with Crippen LogP contribution in [0.4, 0.5) is 0 Å². The normalized spacial score (nSPS) is 32.1. The average Bonchev–Trinajstić information content (AvgIpc) is 2.68. The molecule has 0 amide bonds. The summed E-state index contributed by atoms with van der Waals surface area (Å²) in [7, 11) is -3.37. The van der Waals surface area contributed by atoms with Gasteiger partial charge < -0.3 is 4.74 Å². The second kappa shape index (κ2) is 6.72. The second-order valence-electron chi connectivity index (χ2n) is 5.35. The van der Waals surface area contributed by atoms with Crippen molar-refractivity contribution in [1.82, 2.24) is 8.61 Å². The molecule has 2 unspecified atom stereocenters. The molecular weight excluding hydrogens is 288 g/mol. The predicted octanol–water partition coefficient (Wildman–Crippen LogP) is 1.44. The number of halogens is 1. The first kappa shape index (κ1) is 15.5. The van der Waals surface area contributed by atoms with Gasteiger partial charge in [-0.05, 0) is 19.8 Å². The van der Waals surface area contributed by atoms with E-state index in [-0.39, 0.29) is 12.1 Å². The molecule has 0 aromatic carbocycles. The quantitative estimate of drug-likeness (QED) is 0.741. The van der Waals surface area contributed by atoms with Gasteiger partial charge in [-0.3, -0.25) is 0 Å². The molecule has 0 N–H and O–H groups in total. The number of hydrogen-bond donors (Lipinski definition) is 0.